The number of para-hydroxylation sites is 1. The Hall–Kier alpha value is -1.76. The van der Waals surface area contributed by atoms with Crippen molar-refractivity contribution in [2.75, 3.05) is 22.4 Å². The van der Waals surface area contributed by atoms with Crippen molar-refractivity contribution >= 4 is 50.5 Å². The van der Waals surface area contributed by atoms with Crippen molar-refractivity contribution in [3.63, 3.8) is 0 Å². The minimum absolute atomic E-state index is 0.347. The molecule has 1 N–H and O–H groups in total. The summed E-state index contributed by atoms with van der Waals surface area (Å²) in [6.07, 6.45) is 1.72. The first kappa shape index (κ1) is 19.6. The van der Waals surface area contributed by atoms with Crippen LogP contribution in [-0.2, 0) is 21.2 Å². The lowest BCUT2D eigenvalue weighted by Gasteiger charge is -2.24. The van der Waals surface area contributed by atoms with E-state index >= 15 is 0 Å². The molecule has 2 aromatic carbocycles. The van der Waals surface area contributed by atoms with Crippen molar-refractivity contribution in [1.29, 1.82) is 0 Å². The van der Waals surface area contributed by atoms with Gasteiger partial charge in [-0.2, -0.15) is 0 Å². The summed E-state index contributed by atoms with van der Waals surface area (Å²) < 4.78 is 25.5. The smallest absolute Gasteiger partial charge is 0.245 e. The molecule has 0 heterocycles. The molecule has 0 aliphatic heterocycles. The molecule has 1 amide bonds. The number of anilines is 2. The zero-order valence-electron chi connectivity index (χ0n) is 13.8. The van der Waals surface area contributed by atoms with Crippen LogP contribution in [0.5, 0.6) is 0 Å². The van der Waals surface area contributed by atoms with Gasteiger partial charge < -0.3 is 5.32 Å². The van der Waals surface area contributed by atoms with Gasteiger partial charge >= 0.3 is 0 Å². The minimum atomic E-state index is -3.63. The van der Waals surface area contributed by atoms with Crippen LogP contribution in [0.2, 0.25) is 10.0 Å². The maximum atomic E-state index is 12.4. The highest BCUT2D eigenvalue weighted by Crippen LogP contribution is 2.25. The third-order valence-corrected chi connectivity index (χ3v) is 5.04. The number of nitrogens with zero attached hydrogens (tertiary/aromatic N) is 1. The normalized spacial score (nSPS) is 11.2. The molecule has 8 heteroatoms. The third-order valence-electron chi connectivity index (χ3n) is 3.48. The van der Waals surface area contributed by atoms with E-state index in [2.05, 4.69) is 5.32 Å². The van der Waals surface area contributed by atoms with Gasteiger partial charge in [-0.3, -0.25) is 9.10 Å². The van der Waals surface area contributed by atoms with E-state index in [1.165, 1.54) is 12.1 Å². The third kappa shape index (κ3) is 5.36. The molecule has 134 valence electrons. The van der Waals surface area contributed by atoms with Gasteiger partial charge in [-0.1, -0.05) is 48.3 Å². The number of amides is 1. The van der Waals surface area contributed by atoms with Crippen LogP contribution in [0.15, 0.2) is 42.5 Å². The lowest BCUT2D eigenvalue weighted by atomic mass is 10.1. The summed E-state index contributed by atoms with van der Waals surface area (Å²) >= 11 is 11.8. The number of hydrogen-bond donors (Lipinski definition) is 1. The molecule has 0 bridgehead atoms. The zero-order valence-corrected chi connectivity index (χ0v) is 16.1. The van der Waals surface area contributed by atoms with E-state index in [0.29, 0.717) is 27.8 Å². The first-order valence-corrected chi connectivity index (χ1v) is 10.1. The van der Waals surface area contributed by atoms with Gasteiger partial charge in [0.1, 0.15) is 6.54 Å². The molecular weight excluding hydrogens is 383 g/mol. The first-order valence-electron chi connectivity index (χ1n) is 7.52. The second-order valence-corrected chi connectivity index (χ2v) is 8.24. The molecule has 0 atom stereocenters. The van der Waals surface area contributed by atoms with Gasteiger partial charge in [0, 0.05) is 15.7 Å². The average molecular weight is 401 g/mol. The number of hydrogen-bond acceptors (Lipinski definition) is 3. The number of carbonyl (C=O) groups excluding carboxylic acids is 1. The molecule has 2 aromatic rings. The fourth-order valence-corrected chi connectivity index (χ4v) is 3.80. The molecule has 5 nitrogen and oxygen atoms in total. The molecule has 2 rings (SSSR count). The Labute approximate surface area is 157 Å². The highest BCUT2D eigenvalue weighted by Gasteiger charge is 2.22. The molecule has 0 saturated carbocycles. The van der Waals surface area contributed by atoms with Crippen LogP contribution < -0.4 is 9.62 Å². The van der Waals surface area contributed by atoms with E-state index in [-0.39, 0.29) is 6.54 Å². The Morgan fingerprint density at radius 3 is 2.28 bits per heavy atom. The summed E-state index contributed by atoms with van der Waals surface area (Å²) in [6.45, 7) is 1.58. The fourth-order valence-electron chi connectivity index (χ4n) is 2.39. The summed E-state index contributed by atoms with van der Waals surface area (Å²) in [5.74, 6) is -0.491. The van der Waals surface area contributed by atoms with Crippen LogP contribution in [-0.4, -0.2) is 27.1 Å². The number of halogens is 2. The summed E-state index contributed by atoms with van der Waals surface area (Å²) in [6, 6.07) is 11.7. The topological polar surface area (TPSA) is 66.5 Å². The van der Waals surface area contributed by atoms with E-state index < -0.39 is 15.9 Å². The summed E-state index contributed by atoms with van der Waals surface area (Å²) in [7, 11) is -3.63. The zero-order chi connectivity index (χ0) is 18.6. The van der Waals surface area contributed by atoms with Crippen LogP contribution in [0, 0.1) is 0 Å². The number of aryl methyl sites for hydroxylation is 1. The van der Waals surface area contributed by atoms with Crippen LogP contribution in [0.4, 0.5) is 11.4 Å². The molecule has 25 heavy (non-hydrogen) atoms. The van der Waals surface area contributed by atoms with Crippen molar-refractivity contribution in [1.82, 2.24) is 0 Å². The monoisotopic (exact) mass is 400 g/mol. The van der Waals surface area contributed by atoms with Crippen molar-refractivity contribution in [3.8, 4) is 0 Å². The fraction of sp³-hybridized carbons (Fsp3) is 0.235. The van der Waals surface area contributed by atoms with E-state index in [4.69, 9.17) is 23.2 Å². The molecule has 0 aromatic heterocycles. The Bertz CT molecular complexity index is 865. The Morgan fingerprint density at radius 1 is 1.12 bits per heavy atom. The molecule has 0 unspecified atom stereocenters. The van der Waals surface area contributed by atoms with Gasteiger partial charge in [0.2, 0.25) is 15.9 Å². The average Bonchev–Trinajstić information content (AvgIpc) is 2.50. The van der Waals surface area contributed by atoms with Crippen molar-refractivity contribution < 1.29 is 13.2 Å². The van der Waals surface area contributed by atoms with Gasteiger partial charge in [0.25, 0.3) is 0 Å². The predicted octanol–water partition coefficient (Wildman–Crippen LogP) is 3.96. The van der Waals surface area contributed by atoms with Gasteiger partial charge in [-0.15, -0.1) is 0 Å². The van der Waals surface area contributed by atoms with Crippen LogP contribution >= 0.6 is 23.2 Å². The highest BCUT2D eigenvalue weighted by molar-refractivity contribution is 7.92. The number of rotatable bonds is 6. The van der Waals surface area contributed by atoms with Crippen molar-refractivity contribution in [2.24, 2.45) is 0 Å². The van der Waals surface area contributed by atoms with E-state index in [9.17, 15) is 13.2 Å². The van der Waals surface area contributed by atoms with E-state index in [1.54, 1.807) is 18.2 Å². The lowest BCUT2D eigenvalue weighted by Crippen LogP contribution is -2.38. The number of benzene rings is 2. The summed E-state index contributed by atoms with van der Waals surface area (Å²) in [5.41, 5.74) is 1.73. The van der Waals surface area contributed by atoms with Crippen molar-refractivity contribution in [3.05, 3.63) is 58.1 Å². The van der Waals surface area contributed by atoms with E-state index in [0.717, 1.165) is 16.1 Å². The maximum absolute atomic E-state index is 12.4. The molecule has 0 spiro atoms. The highest BCUT2D eigenvalue weighted by atomic mass is 35.5. The molecule has 0 radical (unpaired) electrons. The van der Waals surface area contributed by atoms with Crippen LogP contribution in [0.1, 0.15) is 12.5 Å². The number of nitrogens with one attached hydrogen (secondary N) is 1. The molecule has 0 saturated heterocycles. The van der Waals surface area contributed by atoms with Crippen molar-refractivity contribution in [2.45, 2.75) is 13.3 Å². The lowest BCUT2D eigenvalue weighted by molar-refractivity contribution is -0.114. The number of carbonyl (C=O) groups is 1. The van der Waals surface area contributed by atoms with Gasteiger partial charge in [0.05, 0.1) is 11.9 Å². The summed E-state index contributed by atoms with van der Waals surface area (Å²) in [4.78, 5) is 12.4. The first-order chi connectivity index (χ1) is 11.7. The molecule has 0 aliphatic carbocycles. The molecule has 0 aliphatic rings. The summed E-state index contributed by atoms with van der Waals surface area (Å²) in [5, 5.41) is 3.37. The second-order valence-electron chi connectivity index (χ2n) is 5.46. The second kappa shape index (κ2) is 8.08. The Balaban J connectivity index is 2.27. The largest absolute Gasteiger partial charge is 0.324 e. The van der Waals surface area contributed by atoms with Crippen LogP contribution in [0.25, 0.3) is 0 Å². The van der Waals surface area contributed by atoms with Gasteiger partial charge in [0.15, 0.2) is 0 Å². The Morgan fingerprint density at radius 2 is 1.72 bits per heavy atom. The maximum Gasteiger partial charge on any atom is 0.245 e. The SMILES string of the molecule is CCc1ccccc1N(CC(=O)Nc1cc(Cl)cc(Cl)c1)S(C)(=O)=O. The predicted molar refractivity (Wildman–Crippen MR) is 103 cm³/mol. The standard InChI is InChI=1S/C17H18Cl2N2O3S/c1-3-12-6-4-5-7-16(12)21(25(2,23)24)11-17(22)20-15-9-13(18)8-14(19)10-15/h4-10H,3,11H2,1-2H3,(H,20,22). The Kier molecular flexibility index (Phi) is 6.32. The molecule has 0 fully saturated rings. The molecular formula is C17H18Cl2N2O3S. The quantitative estimate of drug-likeness (QED) is 0.797. The number of sulfonamides is 1. The van der Waals surface area contributed by atoms with Crippen LogP contribution in [0.3, 0.4) is 0 Å². The van der Waals surface area contributed by atoms with Gasteiger partial charge in [-0.05, 0) is 36.2 Å². The van der Waals surface area contributed by atoms with Gasteiger partial charge in [-0.25, -0.2) is 8.42 Å². The van der Waals surface area contributed by atoms with E-state index in [1.807, 2.05) is 19.1 Å². The minimum Gasteiger partial charge on any atom is -0.324 e.